The fourth-order valence-corrected chi connectivity index (χ4v) is 4.34. The largest absolute Gasteiger partial charge is 0.496 e. The number of carbonyl (C=O) groups excluding carboxylic acids is 2. The minimum Gasteiger partial charge on any atom is -0.496 e. The molecule has 1 aliphatic rings. The summed E-state index contributed by atoms with van der Waals surface area (Å²) in [6.45, 7) is 5.28. The van der Waals surface area contributed by atoms with Crippen LogP contribution in [-0.2, 0) is 6.42 Å². The molecule has 1 saturated heterocycles. The highest BCUT2D eigenvalue weighted by molar-refractivity contribution is 6.07. The van der Waals surface area contributed by atoms with E-state index < -0.39 is 0 Å². The number of nitrogens with zero attached hydrogens (tertiary/aromatic N) is 2. The van der Waals surface area contributed by atoms with Gasteiger partial charge in [-0.1, -0.05) is 36.4 Å². The first kappa shape index (κ1) is 22.0. The van der Waals surface area contributed by atoms with Gasteiger partial charge in [0.2, 0.25) is 0 Å². The number of ether oxygens (including phenoxy) is 1. The fourth-order valence-electron chi connectivity index (χ4n) is 4.34. The lowest BCUT2D eigenvalue weighted by atomic mass is 9.96. The second-order valence-corrected chi connectivity index (χ2v) is 8.16. The van der Waals surface area contributed by atoms with Crippen molar-refractivity contribution >= 4 is 11.7 Å². The third-order valence-electron chi connectivity index (χ3n) is 5.91. The molecule has 0 saturated carbocycles. The number of carbonyl (C=O) groups is 2. The Hall–Kier alpha value is -2.66. The first-order chi connectivity index (χ1) is 14.5. The highest BCUT2D eigenvalue weighted by Crippen LogP contribution is 2.22. The molecular weight excluding hydrogens is 376 g/mol. The monoisotopic (exact) mass is 408 g/mol. The lowest BCUT2D eigenvalue weighted by Gasteiger charge is -2.35. The molecule has 3 rings (SSSR count). The first-order valence-electron chi connectivity index (χ1n) is 10.7. The minimum atomic E-state index is -0.0769. The number of rotatable bonds is 8. The van der Waals surface area contributed by atoms with Crippen molar-refractivity contribution in [1.29, 1.82) is 0 Å². The topological polar surface area (TPSA) is 49.9 Å². The number of benzene rings is 2. The van der Waals surface area contributed by atoms with Gasteiger partial charge in [-0.05, 0) is 56.3 Å². The molecule has 160 valence electrons. The first-order valence-corrected chi connectivity index (χ1v) is 10.7. The number of para-hydroxylation sites is 1. The van der Waals surface area contributed by atoms with Crippen LogP contribution in [0.25, 0.3) is 0 Å². The molecule has 1 fully saturated rings. The zero-order valence-corrected chi connectivity index (χ0v) is 18.3. The number of ketones is 1. The van der Waals surface area contributed by atoms with Crippen molar-refractivity contribution in [2.75, 3.05) is 40.3 Å². The summed E-state index contributed by atoms with van der Waals surface area (Å²) in [6.07, 6.45) is 3.22. The van der Waals surface area contributed by atoms with Gasteiger partial charge in [0.25, 0.3) is 5.91 Å². The Balaban J connectivity index is 1.57. The molecule has 30 heavy (non-hydrogen) atoms. The third kappa shape index (κ3) is 5.48. The number of amides is 1. The molecule has 0 radical (unpaired) electrons. The molecule has 2 aromatic carbocycles. The Morgan fingerprint density at radius 3 is 2.53 bits per heavy atom. The summed E-state index contributed by atoms with van der Waals surface area (Å²) < 4.78 is 5.47. The average Bonchev–Trinajstić information content (AvgIpc) is 2.77. The Bertz CT molecular complexity index is 880. The van der Waals surface area contributed by atoms with E-state index >= 15 is 0 Å². The summed E-state index contributed by atoms with van der Waals surface area (Å²) in [6, 6.07) is 15.3. The van der Waals surface area contributed by atoms with Crippen molar-refractivity contribution in [1.82, 2.24) is 9.80 Å². The molecule has 5 heteroatoms. The van der Waals surface area contributed by atoms with Gasteiger partial charge in [0.15, 0.2) is 5.78 Å². The summed E-state index contributed by atoms with van der Waals surface area (Å²) in [7, 11) is 3.56. The molecule has 1 amide bonds. The Kier molecular flexibility index (Phi) is 7.63. The van der Waals surface area contributed by atoms with E-state index in [1.807, 2.05) is 25.2 Å². The quantitative estimate of drug-likeness (QED) is 0.621. The standard InChI is InChI=1S/C25H32N2O3/c1-19(28)22-11-5-6-12-23(22)25(29)26(2)17-20-9-8-15-27(18-20)16-14-21-10-4-7-13-24(21)30-3/h4-7,10-13,20H,8-9,14-18H2,1-3H3/t20-/m1/s1. The SMILES string of the molecule is COc1ccccc1CCN1CCC[C@H](CN(C)C(=O)c2ccccc2C(C)=O)C1. The highest BCUT2D eigenvalue weighted by Gasteiger charge is 2.24. The van der Waals surface area contributed by atoms with Gasteiger partial charge in [0.1, 0.15) is 5.75 Å². The van der Waals surface area contributed by atoms with Gasteiger partial charge in [-0.2, -0.15) is 0 Å². The zero-order chi connectivity index (χ0) is 21.5. The van der Waals surface area contributed by atoms with Crippen molar-refractivity contribution in [3.8, 4) is 5.75 Å². The van der Waals surface area contributed by atoms with E-state index in [2.05, 4.69) is 17.0 Å². The summed E-state index contributed by atoms with van der Waals surface area (Å²) >= 11 is 0. The van der Waals surface area contributed by atoms with Crippen LogP contribution in [0.4, 0.5) is 0 Å². The van der Waals surface area contributed by atoms with Gasteiger partial charge in [-0.3, -0.25) is 9.59 Å². The molecule has 1 atom stereocenters. The molecule has 2 aromatic rings. The van der Waals surface area contributed by atoms with Crippen molar-refractivity contribution in [3.63, 3.8) is 0 Å². The van der Waals surface area contributed by atoms with Gasteiger partial charge in [0.05, 0.1) is 12.7 Å². The Morgan fingerprint density at radius 2 is 1.80 bits per heavy atom. The van der Waals surface area contributed by atoms with Crippen LogP contribution in [0.2, 0.25) is 0 Å². The molecule has 0 aromatic heterocycles. The number of Topliss-reactive ketones (excluding diaryl/α,β-unsaturated/α-hetero) is 1. The predicted octanol–water partition coefficient (Wildman–Crippen LogP) is 3.92. The molecule has 0 spiro atoms. The summed E-state index contributed by atoms with van der Waals surface area (Å²) in [5.74, 6) is 1.23. The second kappa shape index (κ2) is 10.4. The van der Waals surface area contributed by atoms with E-state index in [1.165, 1.54) is 12.5 Å². The maximum atomic E-state index is 13.0. The van der Waals surface area contributed by atoms with Gasteiger partial charge in [-0.25, -0.2) is 0 Å². The number of hydrogen-bond acceptors (Lipinski definition) is 4. The van der Waals surface area contributed by atoms with E-state index in [0.717, 1.165) is 44.6 Å². The van der Waals surface area contributed by atoms with Crippen LogP contribution < -0.4 is 4.74 Å². The minimum absolute atomic E-state index is 0.0764. The van der Waals surface area contributed by atoms with Crippen molar-refractivity contribution in [3.05, 3.63) is 65.2 Å². The van der Waals surface area contributed by atoms with E-state index in [-0.39, 0.29) is 11.7 Å². The van der Waals surface area contributed by atoms with Crippen LogP contribution in [0.1, 0.15) is 46.0 Å². The van der Waals surface area contributed by atoms with Crippen LogP contribution in [0, 0.1) is 5.92 Å². The smallest absolute Gasteiger partial charge is 0.254 e. The van der Waals surface area contributed by atoms with E-state index in [0.29, 0.717) is 23.6 Å². The van der Waals surface area contributed by atoms with Gasteiger partial charge >= 0.3 is 0 Å². The number of methoxy groups -OCH3 is 1. The van der Waals surface area contributed by atoms with Crippen LogP contribution >= 0.6 is 0 Å². The number of piperidine rings is 1. The lowest BCUT2D eigenvalue weighted by molar-refractivity contribution is 0.0726. The van der Waals surface area contributed by atoms with Crippen LogP contribution in [0.15, 0.2) is 48.5 Å². The normalized spacial score (nSPS) is 16.8. The molecular formula is C25H32N2O3. The molecule has 1 heterocycles. The Labute approximate surface area is 179 Å². The van der Waals surface area contributed by atoms with Gasteiger partial charge < -0.3 is 14.5 Å². The van der Waals surface area contributed by atoms with Crippen LogP contribution in [0.5, 0.6) is 5.75 Å². The molecule has 0 aliphatic carbocycles. The van der Waals surface area contributed by atoms with Crippen molar-refractivity contribution in [2.24, 2.45) is 5.92 Å². The maximum absolute atomic E-state index is 13.0. The van der Waals surface area contributed by atoms with Crippen molar-refractivity contribution < 1.29 is 14.3 Å². The predicted molar refractivity (Wildman–Crippen MR) is 119 cm³/mol. The van der Waals surface area contributed by atoms with Gasteiger partial charge in [-0.15, -0.1) is 0 Å². The summed E-state index contributed by atoms with van der Waals surface area (Å²) in [5.41, 5.74) is 2.23. The van der Waals surface area contributed by atoms with E-state index in [4.69, 9.17) is 4.74 Å². The lowest BCUT2D eigenvalue weighted by Crippen LogP contribution is -2.42. The second-order valence-electron chi connectivity index (χ2n) is 8.16. The van der Waals surface area contributed by atoms with Crippen LogP contribution in [-0.4, -0.2) is 61.8 Å². The fraction of sp³-hybridized carbons (Fsp3) is 0.440. The molecule has 0 N–H and O–H groups in total. The van der Waals surface area contributed by atoms with Crippen molar-refractivity contribution in [2.45, 2.75) is 26.2 Å². The summed E-state index contributed by atoms with van der Waals surface area (Å²) in [4.78, 5) is 29.1. The molecule has 5 nitrogen and oxygen atoms in total. The van der Waals surface area contributed by atoms with E-state index in [1.54, 1.807) is 30.2 Å². The average molecular weight is 409 g/mol. The molecule has 1 aliphatic heterocycles. The third-order valence-corrected chi connectivity index (χ3v) is 5.91. The van der Waals surface area contributed by atoms with Crippen LogP contribution in [0.3, 0.4) is 0 Å². The summed E-state index contributed by atoms with van der Waals surface area (Å²) in [5, 5.41) is 0. The number of hydrogen-bond donors (Lipinski definition) is 0. The van der Waals surface area contributed by atoms with E-state index in [9.17, 15) is 9.59 Å². The molecule has 0 bridgehead atoms. The van der Waals surface area contributed by atoms with Gasteiger partial charge in [0, 0.05) is 32.2 Å². The number of likely N-dealkylation sites (tertiary alicyclic amines) is 1. The molecule has 0 unspecified atom stereocenters. The zero-order valence-electron chi connectivity index (χ0n) is 18.3. The maximum Gasteiger partial charge on any atom is 0.254 e. The Morgan fingerprint density at radius 1 is 1.10 bits per heavy atom. The highest BCUT2D eigenvalue weighted by atomic mass is 16.5.